The second-order valence-electron chi connectivity index (χ2n) is 6.68. The molecule has 3 aromatic rings. The van der Waals surface area contributed by atoms with Gasteiger partial charge in [0.05, 0.1) is 7.11 Å². The lowest BCUT2D eigenvalue weighted by Gasteiger charge is -2.16. The molecule has 0 spiro atoms. The summed E-state index contributed by atoms with van der Waals surface area (Å²) in [5.41, 5.74) is 2.10. The number of carbonyl (C=O) groups excluding carboxylic acids is 1. The maximum Gasteiger partial charge on any atom is 0.272 e. The number of ether oxygens (including phenoxy) is 1. The van der Waals surface area contributed by atoms with Crippen molar-refractivity contribution in [3.05, 3.63) is 66.4 Å². The quantitative estimate of drug-likeness (QED) is 0.727. The number of amides is 1. The molecule has 142 valence electrons. The van der Waals surface area contributed by atoms with Crippen LogP contribution in [0.1, 0.15) is 23.3 Å². The van der Waals surface area contributed by atoms with Crippen molar-refractivity contribution in [2.45, 2.75) is 12.8 Å². The van der Waals surface area contributed by atoms with E-state index in [0.717, 1.165) is 42.9 Å². The summed E-state index contributed by atoms with van der Waals surface area (Å²) in [7, 11) is 1.63. The summed E-state index contributed by atoms with van der Waals surface area (Å²) in [6.45, 7) is 1.56. The molecule has 0 aliphatic carbocycles. The van der Waals surface area contributed by atoms with E-state index in [4.69, 9.17) is 4.74 Å². The van der Waals surface area contributed by atoms with Crippen LogP contribution in [0.4, 0.5) is 11.5 Å². The van der Waals surface area contributed by atoms with Crippen LogP contribution in [0.3, 0.4) is 0 Å². The number of nitrogens with one attached hydrogen (secondary N) is 1. The fraction of sp³-hybridized carbons (Fsp3) is 0.227. The lowest BCUT2D eigenvalue weighted by molar-refractivity contribution is 0.0787. The number of carbonyl (C=O) groups is 1. The van der Waals surface area contributed by atoms with Crippen LogP contribution in [0.5, 0.6) is 5.75 Å². The largest absolute Gasteiger partial charge is 0.497 e. The maximum atomic E-state index is 12.9. The smallest absolute Gasteiger partial charge is 0.272 e. The van der Waals surface area contributed by atoms with Crippen molar-refractivity contribution in [1.29, 1.82) is 0 Å². The first-order valence-electron chi connectivity index (χ1n) is 9.38. The summed E-state index contributed by atoms with van der Waals surface area (Å²) in [5, 5.41) is 3.27. The number of likely N-dealkylation sites (tertiary alicyclic amines) is 1. The molecule has 1 aromatic heterocycles. The van der Waals surface area contributed by atoms with Gasteiger partial charge < -0.3 is 15.0 Å². The van der Waals surface area contributed by atoms with Crippen molar-refractivity contribution in [1.82, 2.24) is 14.9 Å². The summed E-state index contributed by atoms with van der Waals surface area (Å²) >= 11 is 0. The third-order valence-corrected chi connectivity index (χ3v) is 4.71. The zero-order valence-corrected chi connectivity index (χ0v) is 15.8. The summed E-state index contributed by atoms with van der Waals surface area (Å²) < 4.78 is 5.28. The highest BCUT2D eigenvalue weighted by Gasteiger charge is 2.22. The highest BCUT2D eigenvalue weighted by molar-refractivity contribution is 5.93. The first-order valence-corrected chi connectivity index (χ1v) is 9.38. The van der Waals surface area contributed by atoms with E-state index in [2.05, 4.69) is 15.3 Å². The first-order chi connectivity index (χ1) is 13.7. The van der Waals surface area contributed by atoms with Gasteiger partial charge in [0.25, 0.3) is 5.91 Å². The molecule has 1 fully saturated rings. The lowest BCUT2D eigenvalue weighted by Crippen LogP contribution is -2.28. The van der Waals surface area contributed by atoms with Crippen LogP contribution in [0.15, 0.2) is 60.7 Å². The van der Waals surface area contributed by atoms with E-state index in [9.17, 15) is 4.79 Å². The molecule has 2 heterocycles. The average Bonchev–Trinajstić information content (AvgIpc) is 3.28. The molecule has 1 aliphatic rings. The second kappa shape index (κ2) is 8.08. The Morgan fingerprint density at radius 1 is 1.00 bits per heavy atom. The van der Waals surface area contributed by atoms with Crippen molar-refractivity contribution < 1.29 is 9.53 Å². The number of rotatable bonds is 5. The molecular weight excluding hydrogens is 352 g/mol. The Labute approximate surface area is 164 Å². The molecule has 28 heavy (non-hydrogen) atoms. The SMILES string of the molecule is COc1cccc(Nc2cc(C(=O)N3CCCC3)nc(-c3ccccc3)n2)c1. The van der Waals surface area contributed by atoms with E-state index in [1.54, 1.807) is 13.2 Å². The Hall–Kier alpha value is -3.41. The maximum absolute atomic E-state index is 12.9. The topological polar surface area (TPSA) is 67.3 Å². The highest BCUT2D eigenvalue weighted by atomic mass is 16.5. The van der Waals surface area contributed by atoms with E-state index in [1.165, 1.54) is 0 Å². The monoisotopic (exact) mass is 374 g/mol. The van der Waals surface area contributed by atoms with Crippen LogP contribution in [0, 0.1) is 0 Å². The number of anilines is 2. The molecule has 2 aromatic carbocycles. The van der Waals surface area contributed by atoms with Crippen LogP contribution in [-0.4, -0.2) is 41.0 Å². The van der Waals surface area contributed by atoms with Gasteiger partial charge in [0.15, 0.2) is 5.82 Å². The molecule has 6 nitrogen and oxygen atoms in total. The minimum Gasteiger partial charge on any atom is -0.497 e. The van der Waals surface area contributed by atoms with Gasteiger partial charge in [0.2, 0.25) is 0 Å². The first kappa shape index (κ1) is 18.0. The lowest BCUT2D eigenvalue weighted by atomic mass is 10.2. The van der Waals surface area contributed by atoms with Gasteiger partial charge >= 0.3 is 0 Å². The summed E-state index contributed by atoms with van der Waals surface area (Å²) in [6, 6.07) is 19.0. The molecule has 0 radical (unpaired) electrons. The van der Waals surface area contributed by atoms with Crippen LogP contribution >= 0.6 is 0 Å². The predicted molar refractivity (Wildman–Crippen MR) is 109 cm³/mol. The van der Waals surface area contributed by atoms with Crippen molar-refractivity contribution >= 4 is 17.4 Å². The fourth-order valence-corrected chi connectivity index (χ4v) is 3.27. The summed E-state index contributed by atoms with van der Waals surface area (Å²) in [5.74, 6) is 1.79. The summed E-state index contributed by atoms with van der Waals surface area (Å²) in [4.78, 5) is 24.0. The van der Waals surface area contributed by atoms with Gasteiger partial charge in [-0.3, -0.25) is 4.79 Å². The van der Waals surface area contributed by atoms with Gasteiger partial charge in [-0.05, 0) is 25.0 Å². The normalized spacial score (nSPS) is 13.4. The third-order valence-electron chi connectivity index (χ3n) is 4.71. The second-order valence-corrected chi connectivity index (χ2v) is 6.68. The predicted octanol–water partition coefficient (Wildman–Crippen LogP) is 4.13. The van der Waals surface area contributed by atoms with Gasteiger partial charge in [-0.2, -0.15) is 0 Å². The van der Waals surface area contributed by atoms with E-state index >= 15 is 0 Å². The minimum atomic E-state index is -0.0502. The van der Waals surface area contributed by atoms with Crippen molar-refractivity contribution in [3.8, 4) is 17.1 Å². The van der Waals surface area contributed by atoms with Crippen LogP contribution < -0.4 is 10.1 Å². The number of hydrogen-bond donors (Lipinski definition) is 1. The van der Waals surface area contributed by atoms with E-state index in [-0.39, 0.29) is 5.91 Å². The molecule has 0 saturated carbocycles. The molecule has 0 bridgehead atoms. The van der Waals surface area contributed by atoms with Gasteiger partial charge in [0.1, 0.15) is 17.3 Å². The molecule has 4 rings (SSSR count). The van der Waals surface area contributed by atoms with Crippen molar-refractivity contribution in [3.63, 3.8) is 0 Å². The molecule has 1 N–H and O–H groups in total. The number of methoxy groups -OCH3 is 1. The number of hydrogen-bond acceptors (Lipinski definition) is 5. The van der Waals surface area contributed by atoms with Crippen LogP contribution in [0.2, 0.25) is 0 Å². The van der Waals surface area contributed by atoms with Gasteiger partial charge in [0, 0.05) is 36.5 Å². The fourth-order valence-electron chi connectivity index (χ4n) is 3.27. The van der Waals surface area contributed by atoms with Crippen LogP contribution in [0.25, 0.3) is 11.4 Å². The number of benzene rings is 2. The highest BCUT2D eigenvalue weighted by Crippen LogP contribution is 2.24. The Morgan fingerprint density at radius 2 is 1.79 bits per heavy atom. The van der Waals surface area contributed by atoms with Crippen LogP contribution in [-0.2, 0) is 0 Å². The van der Waals surface area contributed by atoms with E-state index in [0.29, 0.717) is 17.3 Å². The average molecular weight is 374 g/mol. The van der Waals surface area contributed by atoms with E-state index < -0.39 is 0 Å². The van der Waals surface area contributed by atoms with Gasteiger partial charge in [-0.25, -0.2) is 9.97 Å². The molecule has 1 aliphatic heterocycles. The standard InChI is InChI=1S/C22H22N4O2/c1-28-18-11-7-10-17(14-18)23-20-15-19(22(27)26-12-5-6-13-26)24-21(25-20)16-8-3-2-4-9-16/h2-4,7-11,14-15H,5-6,12-13H2,1H3,(H,23,24,25). The zero-order chi connectivity index (χ0) is 19.3. The third kappa shape index (κ3) is 3.96. The molecule has 0 atom stereocenters. The molecule has 1 saturated heterocycles. The Morgan fingerprint density at radius 3 is 2.54 bits per heavy atom. The number of aromatic nitrogens is 2. The van der Waals surface area contributed by atoms with Crippen molar-refractivity contribution in [2.24, 2.45) is 0 Å². The Bertz CT molecular complexity index is 969. The molecular formula is C22H22N4O2. The summed E-state index contributed by atoms with van der Waals surface area (Å²) in [6.07, 6.45) is 2.08. The Balaban J connectivity index is 1.71. The minimum absolute atomic E-state index is 0.0502. The van der Waals surface area contributed by atoms with Crippen molar-refractivity contribution in [2.75, 3.05) is 25.5 Å². The number of nitrogens with zero attached hydrogens (tertiary/aromatic N) is 3. The zero-order valence-electron chi connectivity index (χ0n) is 15.8. The van der Waals surface area contributed by atoms with Gasteiger partial charge in [-0.15, -0.1) is 0 Å². The molecule has 1 amide bonds. The molecule has 6 heteroatoms. The van der Waals surface area contributed by atoms with E-state index in [1.807, 2.05) is 59.5 Å². The Kier molecular flexibility index (Phi) is 5.19. The van der Waals surface area contributed by atoms with Gasteiger partial charge in [-0.1, -0.05) is 36.4 Å². The molecule has 0 unspecified atom stereocenters.